The summed E-state index contributed by atoms with van der Waals surface area (Å²) in [5.41, 5.74) is 2.46. The lowest BCUT2D eigenvalue weighted by Crippen LogP contribution is -2.49. The first kappa shape index (κ1) is 19.1. The predicted octanol–water partition coefficient (Wildman–Crippen LogP) is 2.91. The highest BCUT2D eigenvalue weighted by molar-refractivity contribution is 6.01. The quantitative estimate of drug-likeness (QED) is 0.792. The van der Waals surface area contributed by atoms with Crippen molar-refractivity contribution in [1.82, 2.24) is 10.2 Å². The van der Waals surface area contributed by atoms with Gasteiger partial charge in [0.1, 0.15) is 6.04 Å². The van der Waals surface area contributed by atoms with Crippen molar-refractivity contribution in [2.45, 2.75) is 38.9 Å². The number of amides is 2. The lowest BCUT2D eigenvalue weighted by molar-refractivity contribution is -0.127. The van der Waals surface area contributed by atoms with Crippen molar-refractivity contribution in [2.75, 3.05) is 6.61 Å². The van der Waals surface area contributed by atoms with Crippen LogP contribution in [-0.2, 0) is 11.3 Å². The predicted molar refractivity (Wildman–Crippen MR) is 104 cm³/mol. The first-order chi connectivity index (χ1) is 13.0. The maximum absolute atomic E-state index is 13.1. The van der Waals surface area contributed by atoms with Crippen molar-refractivity contribution >= 4 is 11.8 Å². The van der Waals surface area contributed by atoms with Crippen LogP contribution >= 0.6 is 0 Å². The number of hydrogen-bond acceptors (Lipinski definition) is 3. The molecule has 0 aromatic heterocycles. The molecule has 0 spiro atoms. The summed E-state index contributed by atoms with van der Waals surface area (Å²) in [6.45, 7) is 4.32. The Labute approximate surface area is 160 Å². The van der Waals surface area contributed by atoms with Gasteiger partial charge in [-0.15, -0.1) is 0 Å². The van der Waals surface area contributed by atoms with Gasteiger partial charge in [-0.1, -0.05) is 62.4 Å². The third-order valence-electron chi connectivity index (χ3n) is 4.92. The molecule has 1 heterocycles. The number of hydrogen-bond donors (Lipinski definition) is 2. The normalized spacial score (nSPS) is 15.6. The fraction of sp³-hybridized carbons (Fsp3) is 0.364. The zero-order valence-corrected chi connectivity index (χ0v) is 15.8. The van der Waals surface area contributed by atoms with Crippen LogP contribution in [0.5, 0.6) is 0 Å². The molecule has 27 heavy (non-hydrogen) atoms. The summed E-state index contributed by atoms with van der Waals surface area (Å²) in [5, 5.41) is 12.7. The van der Waals surface area contributed by atoms with Gasteiger partial charge in [0.05, 0.1) is 12.6 Å². The van der Waals surface area contributed by atoms with Crippen molar-refractivity contribution in [1.29, 1.82) is 0 Å². The summed E-state index contributed by atoms with van der Waals surface area (Å²) in [6.07, 6.45) is 0.568. The highest BCUT2D eigenvalue weighted by Gasteiger charge is 2.37. The molecule has 2 amide bonds. The number of carbonyl (C=O) groups excluding carboxylic acids is 2. The molecule has 5 nitrogen and oxygen atoms in total. The maximum Gasteiger partial charge on any atom is 0.255 e. The van der Waals surface area contributed by atoms with Gasteiger partial charge in [0.25, 0.3) is 5.91 Å². The molecule has 2 aromatic carbocycles. The second kappa shape index (κ2) is 8.35. The van der Waals surface area contributed by atoms with E-state index >= 15 is 0 Å². The monoisotopic (exact) mass is 366 g/mol. The van der Waals surface area contributed by atoms with Crippen molar-refractivity contribution in [3.8, 4) is 0 Å². The second-order valence-electron chi connectivity index (χ2n) is 7.39. The van der Waals surface area contributed by atoms with Crippen LogP contribution in [0.2, 0.25) is 0 Å². The topological polar surface area (TPSA) is 69.6 Å². The molecule has 142 valence electrons. The maximum atomic E-state index is 13.1. The van der Waals surface area contributed by atoms with E-state index in [0.29, 0.717) is 18.5 Å². The third kappa shape index (κ3) is 4.19. The van der Waals surface area contributed by atoms with Crippen molar-refractivity contribution in [3.05, 3.63) is 71.3 Å². The molecule has 0 saturated heterocycles. The molecule has 3 rings (SSSR count). The number of fused-ring (bicyclic) bond motifs is 1. The summed E-state index contributed by atoms with van der Waals surface area (Å²) < 4.78 is 0. The lowest BCUT2D eigenvalue weighted by Gasteiger charge is -2.30. The third-order valence-corrected chi connectivity index (χ3v) is 4.92. The van der Waals surface area contributed by atoms with Crippen molar-refractivity contribution < 1.29 is 14.7 Å². The van der Waals surface area contributed by atoms with Crippen molar-refractivity contribution in [3.63, 3.8) is 0 Å². The molecule has 1 aliphatic rings. The number of rotatable bonds is 7. The van der Waals surface area contributed by atoms with Crippen LogP contribution in [0.25, 0.3) is 0 Å². The highest BCUT2D eigenvalue weighted by atomic mass is 16.3. The minimum absolute atomic E-state index is 0.105. The van der Waals surface area contributed by atoms with Crippen LogP contribution in [0.4, 0.5) is 0 Å². The van der Waals surface area contributed by atoms with Crippen LogP contribution < -0.4 is 5.32 Å². The summed E-state index contributed by atoms with van der Waals surface area (Å²) in [7, 11) is 0. The van der Waals surface area contributed by atoms with E-state index in [1.165, 1.54) is 0 Å². The summed E-state index contributed by atoms with van der Waals surface area (Å²) in [4.78, 5) is 27.6. The molecule has 2 N–H and O–H groups in total. The van der Waals surface area contributed by atoms with E-state index in [9.17, 15) is 14.7 Å². The van der Waals surface area contributed by atoms with Gasteiger partial charge in [-0.05, 0) is 29.5 Å². The van der Waals surface area contributed by atoms with Gasteiger partial charge in [0, 0.05) is 12.1 Å². The minimum atomic E-state index is -0.567. The molecule has 0 radical (unpaired) electrons. The standard InChI is InChI=1S/C22H26N2O3/c1-15(2)12-20(24-13-17-10-6-7-11-18(17)22(24)27)21(26)23-19(14-25)16-8-4-3-5-9-16/h3-11,15,19-20,25H,12-14H2,1-2H3,(H,23,26)/t19-,20+/m1/s1. The van der Waals surface area contributed by atoms with E-state index in [1.807, 2.05) is 68.4 Å². The molecule has 1 aliphatic heterocycles. The molecule has 0 bridgehead atoms. The lowest BCUT2D eigenvalue weighted by atomic mass is 10.0. The van der Waals surface area contributed by atoms with Gasteiger partial charge in [-0.25, -0.2) is 0 Å². The number of carbonyl (C=O) groups is 2. The number of aliphatic hydroxyl groups excluding tert-OH is 1. The Balaban J connectivity index is 1.81. The summed E-state index contributed by atoms with van der Waals surface area (Å²) in [6, 6.07) is 15.8. The number of nitrogens with zero attached hydrogens (tertiary/aromatic N) is 1. The van der Waals surface area contributed by atoms with E-state index in [0.717, 1.165) is 11.1 Å². The van der Waals surface area contributed by atoms with E-state index in [1.54, 1.807) is 4.90 Å². The van der Waals surface area contributed by atoms with E-state index < -0.39 is 12.1 Å². The molecule has 5 heteroatoms. The molecule has 2 atom stereocenters. The number of aliphatic hydroxyl groups is 1. The molecular formula is C22H26N2O3. The molecule has 0 unspecified atom stereocenters. The minimum Gasteiger partial charge on any atom is -0.394 e. The average molecular weight is 366 g/mol. The van der Waals surface area contributed by atoms with Crippen LogP contribution in [0.1, 0.15) is 47.8 Å². The first-order valence-electron chi connectivity index (χ1n) is 9.36. The summed E-state index contributed by atoms with van der Waals surface area (Å²) >= 11 is 0. The highest BCUT2D eigenvalue weighted by Crippen LogP contribution is 2.27. The van der Waals surface area contributed by atoms with E-state index in [2.05, 4.69) is 5.32 Å². The van der Waals surface area contributed by atoms with Crippen LogP contribution in [0.3, 0.4) is 0 Å². The van der Waals surface area contributed by atoms with Crippen LogP contribution in [-0.4, -0.2) is 34.5 Å². The zero-order valence-electron chi connectivity index (χ0n) is 15.8. The van der Waals surface area contributed by atoms with E-state index in [4.69, 9.17) is 0 Å². The fourth-order valence-electron chi connectivity index (χ4n) is 3.54. The van der Waals surface area contributed by atoms with Crippen molar-refractivity contribution in [2.24, 2.45) is 5.92 Å². The van der Waals surface area contributed by atoms with Gasteiger partial charge < -0.3 is 15.3 Å². The smallest absolute Gasteiger partial charge is 0.255 e. The Morgan fingerprint density at radius 3 is 2.41 bits per heavy atom. The molecule has 0 aliphatic carbocycles. The van der Waals surface area contributed by atoms with Gasteiger partial charge in [-0.3, -0.25) is 9.59 Å². The number of benzene rings is 2. The Hall–Kier alpha value is -2.66. The first-order valence-corrected chi connectivity index (χ1v) is 9.36. The van der Waals surface area contributed by atoms with Gasteiger partial charge in [0.2, 0.25) is 5.91 Å². The number of nitrogens with one attached hydrogen (secondary N) is 1. The van der Waals surface area contributed by atoms with Gasteiger partial charge >= 0.3 is 0 Å². The SMILES string of the molecule is CC(C)C[C@@H](C(=O)N[C@H](CO)c1ccccc1)N1Cc2ccccc2C1=O. The Morgan fingerprint density at radius 2 is 1.78 bits per heavy atom. The second-order valence-corrected chi connectivity index (χ2v) is 7.39. The van der Waals surface area contributed by atoms with Crippen LogP contribution in [0.15, 0.2) is 54.6 Å². The van der Waals surface area contributed by atoms with Gasteiger partial charge in [0.15, 0.2) is 0 Å². The fourth-order valence-corrected chi connectivity index (χ4v) is 3.54. The zero-order chi connectivity index (χ0) is 19.4. The Bertz CT molecular complexity index is 804. The molecule has 2 aromatic rings. The Morgan fingerprint density at radius 1 is 1.11 bits per heavy atom. The van der Waals surface area contributed by atoms with E-state index in [-0.39, 0.29) is 24.3 Å². The average Bonchev–Trinajstić information content (AvgIpc) is 3.01. The summed E-state index contributed by atoms with van der Waals surface area (Å²) in [5.74, 6) is -0.0824. The molecule has 0 saturated carbocycles. The molecule has 0 fully saturated rings. The van der Waals surface area contributed by atoms with Crippen LogP contribution in [0, 0.1) is 5.92 Å². The molecular weight excluding hydrogens is 340 g/mol. The largest absolute Gasteiger partial charge is 0.394 e. The Kier molecular flexibility index (Phi) is 5.91. The van der Waals surface area contributed by atoms with Gasteiger partial charge in [-0.2, -0.15) is 0 Å².